The minimum atomic E-state index is -0.264. The zero-order chi connectivity index (χ0) is 37.9. The molecular formula is C51H43Cl4Zr. The SMILES string of the molecule is CC(C)(C)c1cc2c(cc1-c1ccccc1)=[C]([Zr+2])c1c(C3=CC=CC3)c(-c3ccccc3)c(C(C)(C)C)c(=C(c3cccc(Cl)c3)c3cccc(Cl)c3)c1=2.[Cl-].[Cl-]. The minimum Gasteiger partial charge on any atom is -1.00 e. The van der Waals surface area contributed by atoms with E-state index in [2.05, 4.69) is 169 Å². The van der Waals surface area contributed by atoms with Crippen LogP contribution in [0.4, 0.5) is 0 Å². The number of benzene rings is 6. The first-order chi connectivity index (χ1) is 25.8. The fourth-order valence-corrected chi connectivity index (χ4v) is 9.99. The number of fused-ring (bicyclic) bond motifs is 2. The summed E-state index contributed by atoms with van der Waals surface area (Å²) in [4.78, 5) is 0. The third-order valence-corrected chi connectivity index (χ3v) is 12.5. The molecule has 0 unspecified atom stereocenters. The second-order valence-electron chi connectivity index (χ2n) is 16.5. The second kappa shape index (κ2) is 16.4. The molecule has 0 N–H and O–H groups in total. The van der Waals surface area contributed by atoms with Crippen LogP contribution in [0, 0.1) is 10.4 Å². The molecule has 56 heavy (non-hydrogen) atoms. The Bertz CT molecular complexity index is 2720. The van der Waals surface area contributed by atoms with Crippen molar-refractivity contribution in [2.24, 2.45) is 0 Å². The van der Waals surface area contributed by atoms with Crippen molar-refractivity contribution in [1.82, 2.24) is 0 Å². The van der Waals surface area contributed by atoms with Crippen LogP contribution in [0.1, 0.15) is 81.3 Å². The van der Waals surface area contributed by atoms with Gasteiger partial charge < -0.3 is 24.8 Å². The molecule has 0 spiro atoms. The molecule has 0 amide bonds. The summed E-state index contributed by atoms with van der Waals surface area (Å²) in [6.07, 6.45) is 7.77. The molecule has 279 valence electrons. The van der Waals surface area contributed by atoms with Gasteiger partial charge in [-0.15, -0.1) is 0 Å². The summed E-state index contributed by atoms with van der Waals surface area (Å²) in [5.41, 5.74) is 14.7. The van der Waals surface area contributed by atoms with E-state index in [0.29, 0.717) is 10.0 Å². The molecule has 2 aliphatic rings. The predicted molar refractivity (Wildman–Crippen MR) is 227 cm³/mol. The van der Waals surface area contributed by atoms with Crippen LogP contribution in [-0.2, 0) is 35.5 Å². The Morgan fingerprint density at radius 3 is 1.66 bits per heavy atom. The summed E-state index contributed by atoms with van der Waals surface area (Å²) >= 11 is 15.1. The summed E-state index contributed by atoms with van der Waals surface area (Å²) in [5, 5.41) is 6.60. The Kier molecular flexibility index (Phi) is 12.4. The molecule has 0 nitrogen and oxygen atoms in total. The van der Waals surface area contributed by atoms with Crippen molar-refractivity contribution in [3.8, 4) is 22.3 Å². The Morgan fingerprint density at radius 2 is 1.16 bits per heavy atom. The summed E-state index contributed by atoms with van der Waals surface area (Å²) < 4.78 is 1.39. The average Bonchev–Trinajstić information content (AvgIpc) is 3.78. The molecule has 6 aromatic carbocycles. The van der Waals surface area contributed by atoms with E-state index in [1.54, 1.807) is 0 Å². The van der Waals surface area contributed by atoms with Crippen LogP contribution < -0.4 is 35.3 Å². The van der Waals surface area contributed by atoms with Gasteiger partial charge in [0.15, 0.2) is 0 Å². The van der Waals surface area contributed by atoms with Gasteiger partial charge in [0.05, 0.1) is 0 Å². The van der Waals surface area contributed by atoms with Gasteiger partial charge in [0, 0.05) is 0 Å². The Labute approximate surface area is 369 Å². The van der Waals surface area contributed by atoms with Crippen molar-refractivity contribution < 1.29 is 49.5 Å². The molecular weight excluding hydrogens is 846 g/mol. The number of halogens is 4. The van der Waals surface area contributed by atoms with Crippen molar-refractivity contribution >= 4 is 37.6 Å². The van der Waals surface area contributed by atoms with Crippen molar-refractivity contribution in [1.29, 1.82) is 0 Å². The Balaban J connectivity index is 0.00000266. The van der Waals surface area contributed by atoms with E-state index in [1.807, 2.05) is 12.1 Å². The standard InChI is InChI=1S/C51H43Cl2.2ClH.Zr/c1-50(2,3)43-31-41-37(29-40(43)32-17-9-7-10-18-32)30-42-45(33-21-13-14-22-33)46(34-19-11-8-12-20-34)49(51(4,5)6)48(47(41)42)44(35-23-15-25-38(52)27-35)36-24-16-26-39(53)28-36;;;/h7-21,23-29,31H,22H2,1-6H3;2*1H;/q;;;+2/p-2. The first kappa shape index (κ1) is 42.2. The monoisotopic (exact) mass is 885 g/mol. The maximum Gasteiger partial charge on any atom is -1.00 e. The van der Waals surface area contributed by atoms with Crippen molar-refractivity contribution in [3.05, 3.63) is 204 Å². The van der Waals surface area contributed by atoms with Gasteiger partial charge in [-0.2, -0.15) is 0 Å². The van der Waals surface area contributed by atoms with E-state index < -0.39 is 0 Å². The third kappa shape index (κ3) is 7.64. The molecule has 0 aromatic heterocycles. The van der Waals surface area contributed by atoms with Gasteiger partial charge >= 0.3 is 347 Å². The topological polar surface area (TPSA) is 0 Å². The zero-order valence-corrected chi connectivity index (χ0v) is 38.0. The molecule has 5 heteroatoms. The van der Waals surface area contributed by atoms with Crippen molar-refractivity contribution in [2.45, 2.75) is 58.8 Å². The molecule has 0 radical (unpaired) electrons. The molecule has 0 heterocycles. The number of hydrogen-bond acceptors (Lipinski definition) is 0. The third-order valence-electron chi connectivity index (χ3n) is 10.7. The summed E-state index contributed by atoms with van der Waals surface area (Å²) in [6, 6.07) is 43.7. The predicted octanol–water partition coefficient (Wildman–Crippen LogP) is 6.82. The van der Waals surface area contributed by atoms with Gasteiger partial charge in [0.25, 0.3) is 0 Å². The van der Waals surface area contributed by atoms with Gasteiger partial charge in [-0.05, 0) is 0 Å². The van der Waals surface area contributed by atoms with E-state index in [1.165, 1.54) is 99.0 Å². The molecule has 0 aliphatic heterocycles. The number of hydrogen-bond donors (Lipinski definition) is 0. The fraction of sp³-hybridized carbons (Fsp3) is 0.176. The van der Waals surface area contributed by atoms with Crippen molar-refractivity contribution in [3.63, 3.8) is 0 Å². The molecule has 0 saturated carbocycles. The molecule has 8 rings (SSSR count). The van der Waals surface area contributed by atoms with Gasteiger partial charge in [0.1, 0.15) is 0 Å². The molecule has 0 bridgehead atoms. The van der Waals surface area contributed by atoms with Crippen LogP contribution in [-0.4, -0.2) is 0 Å². The van der Waals surface area contributed by atoms with Gasteiger partial charge in [-0.1, -0.05) is 0 Å². The van der Waals surface area contributed by atoms with Crippen LogP contribution in [0.5, 0.6) is 0 Å². The van der Waals surface area contributed by atoms with Crippen LogP contribution in [0.2, 0.25) is 10.0 Å². The number of allylic oxidation sites excluding steroid dienone is 4. The van der Waals surface area contributed by atoms with Gasteiger partial charge in [-0.3, -0.25) is 0 Å². The summed E-state index contributed by atoms with van der Waals surface area (Å²) in [5.74, 6) is 0. The van der Waals surface area contributed by atoms with Gasteiger partial charge in [-0.25, -0.2) is 0 Å². The fourth-order valence-electron chi connectivity index (χ4n) is 8.48. The first-order valence-electron chi connectivity index (χ1n) is 18.7. The Morgan fingerprint density at radius 1 is 0.589 bits per heavy atom. The van der Waals surface area contributed by atoms with E-state index in [4.69, 9.17) is 23.2 Å². The smallest absolute Gasteiger partial charge is 1.00 e. The Hall–Kier alpha value is -3.42. The van der Waals surface area contributed by atoms with E-state index in [0.717, 1.165) is 23.1 Å². The molecule has 6 aromatic rings. The second-order valence-corrected chi connectivity index (χ2v) is 18.6. The minimum absolute atomic E-state index is 0. The van der Waals surface area contributed by atoms with E-state index >= 15 is 0 Å². The largest absolute Gasteiger partial charge is 1.00 e. The van der Waals surface area contributed by atoms with Crippen LogP contribution in [0.15, 0.2) is 140 Å². The van der Waals surface area contributed by atoms with Crippen molar-refractivity contribution in [2.75, 3.05) is 0 Å². The average molecular weight is 889 g/mol. The molecule has 2 aliphatic carbocycles. The van der Waals surface area contributed by atoms with Gasteiger partial charge in [0.2, 0.25) is 0 Å². The maximum atomic E-state index is 6.88. The van der Waals surface area contributed by atoms with Crippen LogP contribution in [0.25, 0.3) is 36.7 Å². The van der Waals surface area contributed by atoms with E-state index in [-0.39, 0.29) is 35.6 Å². The van der Waals surface area contributed by atoms with E-state index in [9.17, 15) is 0 Å². The normalized spacial score (nSPS) is 13.1. The first-order valence-corrected chi connectivity index (χ1v) is 20.7. The quantitative estimate of drug-likeness (QED) is 0.179. The molecule has 0 saturated heterocycles. The summed E-state index contributed by atoms with van der Waals surface area (Å²) in [6.45, 7) is 14.2. The zero-order valence-electron chi connectivity index (χ0n) is 32.5. The maximum absolute atomic E-state index is 6.88. The van der Waals surface area contributed by atoms with Crippen LogP contribution >= 0.6 is 23.2 Å². The molecule has 0 fully saturated rings. The number of rotatable bonds is 5. The summed E-state index contributed by atoms with van der Waals surface area (Å²) in [7, 11) is 0. The molecule has 0 atom stereocenters. The van der Waals surface area contributed by atoms with Crippen LogP contribution in [0.3, 0.4) is 0 Å².